The molecule has 0 aromatic heterocycles. The highest BCUT2D eigenvalue weighted by Gasteiger charge is 2.39. The molecule has 1 aromatic carbocycles. The van der Waals surface area contributed by atoms with E-state index in [2.05, 4.69) is 53.5 Å². The molecule has 2 nitrogen and oxygen atoms in total. The Labute approximate surface area is 122 Å². The third-order valence-electron chi connectivity index (χ3n) is 2.87. The molecule has 88 valence electrons. The summed E-state index contributed by atoms with van der Waals surface area (Å²) in [4.78, 5) is 0. The van der Waals surface area contributed by atoms with Crippen molar-refractivity contribution in [3.05, 3.63) is 34.3 Å². The topological polar surface area (TPSA) is 12.2 Å². The average molecular weight is 396 g/mol. The minimum absolute atomic E-state index is 0. The van der Waals surface area contributed by atoms with Crippen molar-refractivity contribution in [2.75, 3.05) is 13.7 Å². The van der Waals surface area contributed by atoms with E-state index in [9.17, 15) is 0 Å². The van der Waals surface area contributed by atoms with Gasteiger partial charge in [-0.25, -0.2) is 0 Å². The van der Waals surface area contributed by atoms with E-state index < -0.39 is 0 Å². The summed E-state index contributed by atoms with van der Waals surface area (Å²) < 4.78 is 9.01. The number of nitrogens with zero attached hydrogens (tertiary/aromatic N) is 1. The van der Waals surface area contributed by atoms with E-state index in [4.69, 9.17) is 4.74 Å². The summed E-state index contributed by atoms with van der Waals surface area (Å²) in [7, 11) is 2.07. The largest absolute Gasteiger partial charge is 1.00 e. The molecule has 0 saturated heterocycles. The van der Waals surface area contributed by atoms with Crippen LogP contribution in [0, 0.1) is 0 Å². The van der Waals surface area contributed by atoms with E-state index in [1.807, 2.05) is 12.1 Å². The molecular formula is C12H15BrINO. The molecule has 1 aromatic rings. The Bertz CT molecular complexity index is 412. The molecule has 0 atom stereocenters. The van der Waals surface area contributed by atoms with Gasteiger partial charge in [0.1, 0.15) is 7.05 Å². The number of benzene rings is 1. The third kappa shape index (κ3) is 2.59. The summed E-state index contributed by atoms with van der Waals surface area (Å²) in [6.07, 6.45) is 0. The van der Waals surface area contributed by atoms with Crippen LogP contribution >= 0.6 is 15.9 Å². The van der Waals surface area contributed by atoms with Gasteiger partial charge in [-0.2, -0.15) is 4.58 Å². The van der Waals surface area contributed by atoms with E-state index in [0.29, 0.717) is 0 Å². The average Bonchev–Trinajstić information content (AvgIpc) is 2.45. The van der Waals surface area contributed by atoms with Crippen LogP contribution in [0.4, 0.5) is 0 Å². The highest BCUT2D eigenvalue weighted by Crippen LogP contribution is 2.20. The van der Waals surface area contributed by atoms with Crippen molar-refractivity contribution in [1.82, 2.24) is 0 Å². The van der Waals surface area contributed by atoms with Crippen molar-refractivity contribution in [1.29, 1.82) is 0 Å². The van der Waals surface area contributed by atoms with Gasteiger partial charge in [0.2, 0.25) is 0 Å². The Morgan fingerprint density at radius 2 is 1.81 bits per heavy atom. The van der Waals surface area contributed by atoms with E-state index in [1.54, 1.807) is 0 Å². The van der Waals surface area contributed by atoms with Crippen LogP contribution < -0.4 is 24.0 Å². The first-order chi connectivity index (χ1) is 7.00. The van der Waals surface area contributed by atoms with Crippen molar-refractivity contribution in [2.24, 2.45) is 0 Å². The zero-order valence-electron chi connectivity index (χ0n) is 9.63. The Balaban J connectivity index is 0.00000128. The maximum absolute atomic E-state index is 5.73. The summed E-state index contributed by atoms with van der Waals surface area (Å²) in [6, 6.07) is 8.20. The van der Waals surface area contributed by atoms with Gasteiger partial charge in [0.25, 0.3) is 0 Å². The monoisotopic (exact) mass is 395 g/mol. The van der Waals surface area contributed by atoms with Crippen LogP contribution in [-0.4, -0.2) is 29.7 Å². The molecule has 2 rings (SSSR count). The molecule has 0 unspecified atom stereocenters. The normalized spacial score (nSPS) is 18.0. The first-order valence-electron chi connectivity index (χ1n) is 5.00. The van der Waals surface area contributed by atoms with Crippen LogP contribution in [0.25, 0.3) is 0 Å². The molecule has 1 aliphatic heterocycles. The zero-order valence-corrected chi connectivity index (χ0v) is 13.4. The number of hydrogen-bond donors (Lipinski definition) is 0. The lowest BCUT2D eigenvalue weighted by molar-refractivity contribution is -0.562. The van der Waals surface area contributed by atoms with Crippen LogP contribution in [-0.2, 0) is 4.74 Å². The Morgan fingerprint density at radius 1 is 1.25 bits per heavy atom. The number of rotatable bonds is 1. The lowest BCUT2D eigenvalue weighted by Gasteiger charge is -2.09. The number of halogens is 2. The molecule has 0 fully saturated rings. The van der Waals surface area contributed by atoms with Crippen LogP contribution in [0.15, 0.2) is 28.7 Å². The molecule has 0 amide bonds. The Morgan fingerprint density at radius 3 is 2.25 bits per heavy atom. The van der Waals surface area contributed by atoms with Crippen molar-refractivity contribution >= 4 is 21.8 Å². The second-order valence-corrected chi connectivity index (χ2v) is 5.39. The summed E-state index contributed by atoms with van der Waals surface area (Å²) in [5.41, 5.74) is 1.22. The highest BCUT2D eigenvalue weighted by molar-refractivity contribution is 9.10. The van der Waals surface area contributed by atoms with E-state index >= 15 is 0 Å². The molecule has 0 N–H and O–H groups in total. The van der Waals surface area contributed by atoms with Crippen molar-refractivity contribution < 1.29 is 33.3 Å². The zero-order chi connectivity index (χ0) is 11.1. The van der Waals surface area contributed by atoms with Crippen molar-refractivity contribution in [2.45, 2.75) is 19.4 Å². The second-order valence-electron chi connectivity index (χ2n) is 4.47. The Kier molecular flexibility index (Phi) is 4.40. The van der Waals surface area contributed by atoms with Crippen molar-refractivity contribution in [3.63, 3.8) is 0 Å². The summed E-state index contributed by atoms with van der Waals surface area (Å²) >= 11 is 3.43. The molecule has 0 bridgehead atoms. The number of ether oxygens (including phenoxy) is 1. The smallest absolute Gasteiger partial charge is 0.370 e. The molecule has 0 spiro atoms. The van der Waals surface area contributed by atoms with Gasteiger partial charge in [-0.15, -0.1) is 0 Å². The number of hydrogen-bond acceptors (Lipinski definition) is 1. The minimum atomic E-state index is 0. The maximum Gasteiger partial charge on any atom is 0.370 e. The van der Waals surface area contributed by atoms with Crippen LogP contribution in [0.3, 0.4) is 0 Å². The minimum Gasteiger partial charge on any atom is -1.00 e. The lowest BCUT2D eigenvalue weighted by Crippen LogP contribution is -3.00. The predicted molar refractivity (Wildman–Crippen MR) is 64.5 cm³/mol. The first-order valence-corrected chi connectivity index (χ1v) is 5.79. The van der Waals surface area contributed by atoms with E-state index in [1.165, 1.54) is 0 Å². The summed E-state index contributed by atoms with van der Waals surface area (Å²) in [5.74, 6) is 0.965. The molecule has 1 aliphatic rings. The van der Waals surface area contributed by atoms with Gasteiger partial charge < -0.3 is 28.7 Å². The fourth-order valence-electron chi connectivity index (χ4n) is 1.58. The molecule has 0 aliphatic carbocycles. The van der Waals surface area contributed by atoms with Crippen molar-refractivity contribution in [3.8, 4) is 0 Å². The fraction of sp³-hybridized carbons (Fsp3) is 0.417. The molecule has 1 heterocycles. The number of likely N-dealkylation sites (N-methyl/N-ethyl adjacent to an activating group) is 1. The molecule has 0 saturated carbocycles. The van der Waals surface area contributed by atoms with Crippen LogP contribution in [0.2, 0.25) is 0 Å². The van der Waals surface area contributed by atoms with Gasteiger partial charge >= 0.3 is 5.90 Å². The fourth-order valence-corrected chi connectivity index (χ4v) is 1.85. The highest BCUT2D eigenvalue weighted by atomic mass is 127. The van der Waals surface area contributed by atoms with Crippen LogP contribution in [0.1, 0.15) is 19.4 Å². The van der Waals surface area contributed by atoms with Gasteiger partial charge in [0.05, 0.1) is 5.56 Å². The SMILES string of the molecule is C[N+]1=C(c2ccc(Br)cc2)OCC1(C)C.[I-]. The molecule has 0 radical (unpaired) electrons. The summed E-state index contributed by atoms with van der Waals surface area (Å²) in [5, 5.41) is 0. The Hall–Kier alpha value is -0.100. The van der Waals surface area contributed by atoms with Gasteiger partial charge in [-0.1, -0.05) is 15.9 Å². The van der Waals surface area contributed by atoms with Crippen LogP contribution in [0.5, 0.6) is 0 Å². The van der Waals surface area contributed by atoms with E-state index in [0.717, 1.165) is 22.5 Å². The predicted octanol–water partition coefficient (Wildman–Crippen LogP) is -0.349. The van der Waals surface area contributed by atoms with E-state index in [-0.39, 0.29) is 29.5 Å². The molecule has 16 heavy (non-hydrogen) atoms. The molecular weight excluding hydrogens is 381 g/mol. The molecule has 4 heteroatoms. The maximum atomic E-state index is 5.73. The van der Waals surface area contributed by atoms with Gasteiger partial charge in [-0.05, 0) is 24.3 Å². The van der Waals surface area contributed by atoms with Gasteiger partial charge in [0.15, 0.2) is 12.1 Å². The quantitative estimate of drug-likeness (QED) is 0.467. The standard InChI is InChI=1S/C12H15BrNO.HI/c1-12(2)8-15-11(14(12)3)9-4-6-10(13)7-5-9;/h4-7H,8H2,1-3H3;1H/q+1;/p-1. The lowest BCUT2D eigenvalue weighted by atomic mass is 10.1. The van der Waals surface area contributed by atoms with Gasteiger partial charge in [0, 0.05) is 18.3 Å². The second kappa shape index (κ2) is 5.04. The van der Waals surface area contributed by atoms with Gasteiger partial charge in [-0.3, -0.25) is 0 Å². The summed E-state index contributed by atoms with van der Waals surface area (Å²) in [6.45, 7) is 5.10. The first kappa shape index (κ1) is 14.0. The third-order valence-corrected chi connectivity index (χ3v) is 3.39.